The summed E-state index contributed by atoms with van der Waals surface area (Å²) in [6.45, 7) is 0.388. The highest BCUT2D eigenvalue weighted by molar-refractivity contribution is 7.07. The zero-order valence-electron chi connectivity index (χ0n) is 9.77. The predicted octanol–water partition coefficient (Wildman–Crippen LogP) is 1.24. The predicted molar refractivity (Wildman–Crippen MR) is 72.2 cm³/mol. The van der Waals surface area contributed by atoms with E-state index in [9.17, 15) is 9.59 Å². The first-order chi connectivity index (χ1) is 9.22. The van der Waals surface area contributed by atoms with E-state index < -0.39 is 0 Å². The summed E-state index contributed by atoms with van der Waals surface area (Å²) in [7, 11) is 0. The van der Waals surface area contributed by atoms with E-state index in [0.717, 1.165) is 16.6 Å². The smallest absolute Gasteiger partial charge is 0.323 e. The molecule has 0 saturated carbocycles. The van der Waals surface area contributed by atoms with Gasteiger partial charge in [0.05, 0.1) is 16.5 Å². The molecule has 1 amide bonds. The summed E-state index contributed by atoms with van der Waals surface area (Å²) in [5, 5.41) is 4.47. The molecule has 0 aliphatic carbocycles. The molecule has 2 aromatic heterocycles. The first-order valence-electron chi connectivity index (χ1n) is 5.60. The van der Waals surface area contributed by atoms with Gasteiger partial charge in [0.15, 0.2) is 0 Å². The van der Waals surface area contributed by atoms with Gasteiger partial charge in [0.2, 0.25) is 0 Å². The summed E-state index contributed by atoms with van der Waals surface area (Å²) in [5.41, 5.74) is 4.18. The quantitative estimate of drug-likeness (QED) is 0.671. The standard InChI is InChI=1S/C12H10N4O2S/c17-11(10-5-19-6-14-10)13-4-7-1-2-8-9(3-7)16-12(18)15-8/h1-3,5-6H,4H2,(H,13,17)(H2,15,16,18). The molecule has 1 aromatic carbocycles. The molecule has 3 aromatic rings. The molecule has 0 bridgehead atoms. The molecule has 3 N–H and O–H groups in total. The van der Waals surface area contributed by atoms with Crippen LogP contribution in [0.2, 0.25) is 0 Å². The van der Waals surface area contributed by atoms with E-state index in [4.69, 9.17) is 0 Å². The Bertz CT molecular complexity index is 772. The Kier molecular flexibility index (Phi) is 2.88. The van der Waals surface area contributed by atoms with Crippen LogP contribution in [0.5, 0.6) is 0 Å². The van der Waals surface area contributed by atoms with Gasteiger partial charge in [-0.15, -0.1) is 11.3 Å². The second-order valence-corrected chi connectivity index (χ2v) is 4.73. The number of fused-ring (bicyclic) bond motifs is 1. The molecule has 0 atom stereocenters. The number of benzene rings is 1. The number of imidazole rings is 1. The molecule has 0 aliphatic rings. The van der Waals surface area contributed by atoms with Crippen molar-refractivity contribution in [3.05, 3.63) is 50.8 Å². The Morgan fingerprint density at radius 3 is 2.95 bits per heavy atom. The van der Waals surface area contributed by atoms with E-state index in [2.05, 4.69) is 20.3 Å². The second-order valence-electron chi connectivity index (χ2n) is 4.02. The highest BCUT2D eigenvalue weighted by Crippen LogP contribution is 2.10. The van der Waals surface area contributed by atoms with Crippen molar-refractivity contribution in [3.63, 3.8) is 0 Å². The van der Waals surface area contributed by atoms with E-state index in [0.29, 0.717) is 12.2 Å². The number of rotatable bonds is 3. The van der Waals surface area contributed by atoms with Crippen molar-refractivity contribution >= 4 is 28.3 Å². The lowest BCUT2D eigenvalue weighted by Crippen LogP contribution is -2.22. The van der Waals surface area contributed by atoms with Crippen molar-refractivity contribution < 1.29 is 4.79 Å². The third-order valence-electron chi connectivity index (χ3n) is 2.70. The molecule has 0 fully saturated rings. The average Bonchev–Trinajstić information content (AvgIpc) is 3.03. The topological polar surface area (TPSA) is 90.6 Å². The third-order valence-corrected chi connectivity index (χ3v) is 3.28. The SMILES string of the molecule is O=C(NCc1ccc2[nH]c(=O)[nH]c2c1)c1cscn1. The number of H-pyrrole nitrogens is 2. The lowest BCUT2D eigenvalue weighted by atomic mass is 10.2. The number of carbonyl (C=O) groups excluding carboxylic acids is 1. The minimum atomic E-state index is -0.237. The van der Waals surface area contributed by atoms with E-state index in [-0.39, 0.29) is 11.6 Å². The molecular weight excluding hydrogens is 264 g/mol. The second kappa shape index (κ2) is 4.69. The number of aromatic nitrogens is 3. The van der Waals surface area contributed by atoms with Gasteiger partial charge in [-0.1, -0.05) is 6.07 Å². The molecule has 0 saturated heterocycles. The zero-order chi connectivity index (χ0) is 13.2. The van der Waals surface area contributed by atoms with Crippen LogP contribution in [-0.4, -0.2) is 20.9 Å². The van der Waals surface area contributed by atoms with Crippen molar-refractivity contribution in [1.82, 2.24) is 20.3 Å². The molecule has 96 valence electrons. The number of aromatic amines is 2. The lowest BCUT2D eigenvalue weighted by Gasteiger charge is -2.03. The monoisotopic (exact) mass is 274 g/mol. The fourth-order valence-electron chi connectivity index (χ4n) is 1.79. The van der Waals surface area contributed by atoms with Gasteiger partial charge in [-0.25, -0.2) is 9.78 Å². The Morgan fingerprint density at radius 1 is 1.32 bits per heavy atom. The van der Waals surface area contributed by atoms with Crippen LogP contribution in [0, 0.1) is 0 Å². The van der Waals surface area contributed by atoms with Gasteiger partial charge < -0.3 is 15.3 Å². The number of nitrogens with zero attached hydrogens (tertiary/aromatic N) is 1. The molecule has 6 nitrogen and oxygen atoms in total. The third kappa shape index (κ3) is 2.41. The first-order valence-corrected chi connectivity index (χ1v) is 6.54. The number of amides is 1. The van der Waals surface area contributed by atoms with Crippen molar-refractivity contribution in [3.8, 4) is 0 Å². The largest absolute Gasteiger partial charge is 0.347 e. The number of hydrogen-bond acceptors (Lipinski definition) is 4. The summed E-state index contributed by atoms with van der Waals surface area (Å²) in [6, 6.07) is 5.49. The number of thiazole rings is 1. The van der Waals surface area contributed by atoms with Gasteiger partial charge >= 0.3 is 5.69 Å². The van der Waals surface area contributed by atoms with Crippen molar-refractivity contribution in [2.45, 2.75) is 6.54 Å². The van der Waals surface area contributed by atoms with E-state index in [1.807, 2.05) is 12.1 Å². The molecule has 19 heavy (non-hydrogen) atoms. The molecular formula is C12H10N4O2S. The van der Waals surface area contributed by atoms with Gasteiger partial charge in [0.25, 0.3) is 5.91 Å². The molecule has 0 aliphatic heterocycles. The van der Waals surface area contributed by atoms with Crippen molar-refractivity contribution in [2.75, 3.05) is 0 Å². The van der Waals surface area contributed by atoms with Crippen molar-refractivity contribution in [1.29, 1.82) is 0 Å². The molecule has 2 heterocycles. The van der Waals surface area contributed by atoms with Crippen molar-refractivity contribution in [2.24, 2.45) is 0 Å². The maximum atomic E-state index is 11.7. The molecule has 0 radical (unpaired) electrons. The van der Waals surface area contributed by atoms with Crippen LogP contribution in [0.25, 0.3) is 11.0 Å². The molecule has 0 spiro atoms. The Hall–Kier alpha value is -2.41. The summed E-state index contributed by atoms with van der Waals surface area (Å²) >= 11 is 1.38. The maximum Gasteiger partial charge on any atom is 0.323 e. The molecule has 7 heteroatoms. The van der Waals surface area contributed by atoms with Crippen LogP contribution >= 0.6 is 11.3 Å². The highest BCUT2D eigenvalue weighted by Gasteiger charge is 2.07. The van der Waals surface area contributed by atoms with E-state index in [1.165, 1.54) is 11.3 Å². The summed E-state index contributed by atoms with van der Waals surface area (Å²) in [4.78, 5) is 32.1. The average molecular weight is 274 g/mol. The summed E-state index contributed by atoms with van der Waals surface area (Å²) < 4.78 is 0. The van der Waals surface area contributed by atoms with Gasteiger partial charge in [0, 0.05) is 11.9 Å². The highest BCUT2D eigenvalue weighted by atomic mass is 32.1. The van der Waals surface area contributed by atoms with Gasteiger partial charge in [-0.05, 0) is 17.7 Å². The lowest BCUT2D eigenvalue weighted by molar-refractivity contribution is 0.0946. The van der Waals surface area contributed by atoms with Crippen LogP contribution < -0.4 is 11.0 Å². The van der Waals surface area contributed by atoms with Gasteiger partial charge in [0.1, 0.15) is 5.69 Å². The normalized spacial score (nSPS) is 10.7. The molecule has 0 unspecified atom stereocenters. The first kappa shape index (κ1) is 11.7. The zero-order valence-corrected chi connectivity index (χ0v) is 10.6. The van der Waals surface area contributed by atoms with E-state index in [1.54, 1.807) is 17.0 Å². The van der Waals surface area contributed by atoms with Gasteiger partial charge in [-0.3, -0.25) is 4.79 Å². The van der Waals surface area contributed by atoms with Crippen LogP contribution in [0.15, 0.2) is 33.9 Å². The van der Waals surface area contributed by atoms with Crippen LogP contribution in [-0.2, 0) is 6.54 Å². The van der Waals surface area contributed by atoms with Crippen LogP contribution in [0.1, 0.15) is 16.1 Å². The number of nitrogens with one attached hydrogen (secondary N) is 3. The number of hydrogen-bond donors (Lipinski definition) is 3. The minimum absolute atomic E-state index is 0.205. The number of carbonyl (C=O) groups is 1. The Morgan fingerprint density at radius 2 is 2.16 bits per heavy atom. The van der Waals surface area contributed by atoms with Crippen LogP contribution in [0.3, 0.4) is 0 Å². The van der Waals surface area contributed by atoms with Gasteiger partial charge in [-0.2, -0.15) is 0 Å². The Balaban J connectivity index is 1.74. The Labute approximate surface area is 111 Å². The van der Waals surface area contributed by atoms with Crippen LogP contribution in [0.4, 0.5) is 0 Å². The fraction of sp³-hybridized carbons (Fsp3) is 0.0833. The molecule has 3 rings (SSSR count). The summed E-state index contributed by atoms with van der Waals surface area (Å²) in [5.74, 6) is -0.205. The summed E-state index contributed by atoms with van der Waals surface area (Å²) in [6.07, 6.45) is 0. The minimum Gasteiger partial charge on any atom is -0.347 e. The maximum absolute atomic E-state index is 11.7. The van der Waals surface area contributed by atoms with E-state index >= 15 is 0 Å². The fourth-order valence-corrected chi connectivity index (χ4v) is 2.32.